The van der Waals surface area contributed by atoms with Gasteiger partial charge in [-0.1, -0.05) is 39.5 Å². The maximum absolute atomic E-state index is 3.97. The molecule has 2 aromatic heterocycles. The van der Waals surface area contributed by atoms with E-state index in [1.807, 2.05) is 24.8 Å². The molecule has 0 fully saturated rings. The summed E-state index contributed by atoms with van der Waals surface area (Å²) in [5.41, 5.74) is 2.82. The van der Waals surface area contributed by atoms with Crippen LogP contribution in [0.4, 0.5) is 0 Å². The summed E-state index contributed by atoms with van der Waals surface area (Å²) in [6, 6.07) is 8.37. The van der Waals surface area contributed by atoms with E-state index < -0.39 is 0 Å². The van der Waals surface area contributed by atoms with Crippen molar-refractivity contribution in [3.8, 4) is 0 Å². The Morgan fingerprint density at radius 2 is 0.955 bits per heavy atom. The number of hydrogen-bond donors (Lipinski definition) is 0. The summed E-state index contributed by atoms with van der Waals surface area (Å²) in [5, 5.41) is 0. The van der Waals surface area contributed by atoms with Crippen LogP contribution in [0.2, 0.25) is 0 Å². The fraction of sp³-hybridized carbons (Fsp3) is 0.500. The highest BCUT2D eigenvalue weighted by molar-refractivity contribution is 5.09. The van der Waals surface area contributed by atoms with Gasteiger partial charge in [0.25, 0.3) is 0 Å². The zero-order valence-electron chi connectivity index (χ0n) is 14.2. The van der Waals surface area contributed by atoms with E-state index in [9.17, 15) is 0 Å². The number of nitrogens with zero attached hydrogens (tertiary/aromatic N) is 2. The number of aryl methyl sites for hydroxylation is 2. The molecule has 2 heteroatoms. The molecule has 0 bridgehead atoms. The molecule has 2 heterocycles. The Labute approximate surface area is 136 Å². The van der Waals surface area contributed by atoms with Crippen LogP contribution in [0.15, 0.2) is 49.1 Å². The van der Waals surface area contributed by atoms with Crippen molar-refractivity contribution in [3.05, 3.63) is 60.2 Å². The summed E-state index contributed by atoms with van der Waals surface area (Å²) >= 11 is 0. The molecule has 0 aliphatic rings. The van der Waals surface area contributed by atoms with Crippen LogP contribution in [0.5, 0.6) is 0 Å². The van der Waals surface area contributed by atoms with Crippen LogP contribution in [0.25, 0.3) is 0 Å². The van der Waals surface area contributed by atoms with Crippen molar-refractivity contribution in [3.63, 3.8) is 0 Å². The number of pyridine rings is 2. The highest BCUT2D eigenvalue weighted by Crippen LogP contribution is 2.05. The second-order valence-corrected chi connectivity index (χ2v) is 5.63. The van der Waals surface area contributed by atoms with Crippen molar-refractivity contribution in [1.82, 2.24) is 9.97 Å². The summed E-state index contributed by atoms with van der Waals surface area (Å²) in [4.78, 5) is 7.95. The molecule has 0 unspecified atom stereocenters. The zero-order valence-corrected chi connectivity index (χ0v) is 14.2. The van der Waals surface area contributed by atoms with E-state index in [2.05, 4.69) is 48.1 Å². The van der Waals surface area contributed by atoms with Crippen molar-refractivity contribution in [1.29, 1.82) is 0 Å². The molecule has 2 rings (SSSR count). The van der Waals surface area contributed by atoms with Crippen LogP contribution >= 0.6 is 0 Å². The average molecular weight is 298 g/mol. The molecule has 0 spiro atoms. The molecule has 22 heavy (non-hydrogen) atoms. The van der Waals surface area contributed by atoms with E-state index in [0.29, 0.717) is 0 Å². The first kappa shape index (κ1) is 18.3. The third-order valence-corrected chi connectivity index (χ3v) is 3.64. The van der Waals surface area contributed by atoms with E-state index in [0.717, 1.165) is 0 Å². The van der Waals surface area contributed by atoms with Gasteiger partial charge in [-0.25, -0.2) is 0 Å². The predicted octanol–water partition coefficient (Wildman–Crippen LogP) is 5.63. The lowest BCUT2D eigenvalue weighted by molar-refractivity contribution is 0.717. The minimum Gasteiger partial charge on any atom is -0.265 e. The molecule has 0 aliphatic carbocycles. The lowest BCUT2D eigenvalue weighted by Crippen LogP contribution is -1.84. The Kier molecular flexibility index (Phi) is 10.8. The molecular formula is C20H30N2. The highest BCUT2D eigenvalue weighted by Gasteiger charge is 1.90. The molecule has 0 N–H and O–H groups in total. The van der Waals surface area contributed by atoms with E-state index >= 15 is 0 Å². The van der Waals surface area contributed by atoms with E-state index in [1.54, 1.807) is 0 Å². The van der Waals surface area contributed by atoms with Gasteiger partial charge >= 0.3 is 0 Å². The molecule has 2 nitrogen and oxygen atoms in total. The van der Waals surface area contributed by atoms with E-state index in [4.69, 9.17) is 0 Å². The SMILES string of the molecule is CCCCCc1ccncc1.CCCCCc1ccncc1. The van der Waals surface area contributed by atoms with Gasteiger partial charge in [0.05, 0.1) is 0 Å². The van der Waals surface area contributed by atoms with Gasteiger partial charge in [-0.05, 0) is 61.1 Å². The fourth-order valence-electron chi connectivity index (χ4n) is 2.26. The average Bonchev–Trinajstić information content (AvgIpc) is 2.58. The second kappa shape index (κ2) is 13.0. The normalized spacial score (nSPS) is 9.91. The molecule has 2 aromatic rings. The first-order valence-corrected chi connectivity index (χ1v) is 8.64. The summed E-state index contributed by atoms with van der Waals surface area (Å²) < 4.78 is 0. The largest absolute Gasteiger partial charge is 0.265 e. The van der Waals surface area contributed by atoms with Gasteiger partial charge < -0.3 is 0 Å². The zero-order chi connectivity index (χ0) is 15.9. The molecule has 120 valence electrons. The van der Waals surface area contributed by atoms with Crippen molar-refractivity contribution >= 4 is 0 Å². The number of rotatable bonds is 8. The van der Waals surface area contributed by atoms with Crippen molar-refractivity contribution in [2.45, 2.75) is 65.2 Å². The van der Waals surface area contributed by atoms with Crippen LogP contribution in [-0.2, 0) is 12.8 Å². The number of hydrogen-bond acceptors (Lipinski definition) is 2. The molecule has 0 aliphatic heterocycles. The Morgan fingerprint density at radius 1 is 0.591 bits per heavy atom. The lowest BCUT2D eigenvalue weighted by atomic mass is 10.1. The molecule has 0 saturated carbocycles. The first-order valence-electron chi connectivity index (χ1n) is 8.64. The standard InChI is InChI=1S/2C10H15N/c2*1-2-3-4-5-10-6-8-11-9-7-10/h2*6-9H,2-5H2,1H3. The molecule has 0 saturated heterocycles. The van der Waals surface area contributed by atoms with Crippen LogP contribution in [0.1, 0.15) is 63.5 Å². The van der Waals surface area contributed by atoms with Gasteiger partial charge in [0, 0.05) is 24.8 Å². The monoisotopic (exact) mass is 298 g/mol. The van der Waals surface area contributed by atoms with Crippen molar-refractivity contribution in [2.24, 2.45) is 0 Å². The van der Waals surface area contributed by atoms with Crippen LogP contribution in [-0.4, -0.2) is 9.97 Å². The molecule has 0 atom stereocenters. The fourth-order valence-corrected chi connectivity index (χ4v) is 2.26. The third-order valence-electron chi connectivity index (χ3n) is 3.64. The van der Waals surface area contributed by atoms with Gasteiger partial charge in [-0.15, -0.1) is 0 Å². The topological polar surface area (TPSA) is 25.8 Å². The molecule has 0 aromatic carbocycles. The minimum atomic E-state index is 1.20. The van der Waals surface area contributed by atoms with Gasteiger partial charge in [-0.3, -0.25) is 9.97 Å². The smallest absolute Gasteiger partial charge is 0.0270 e. The highest BCUT2D eigenvalue weighted by atomic mass is 14.6. The quantitative estimate of drug-likeness (QED) is 0.590. The second-order valence-electron chi connectivity index (χ2n) is 5.63. The molecule has 0 amide bonds. The van der Waals surface area contributed by atoms with Crippen LogP contribution in [0, 0.1) is 0 Å². The Morgan fingerprint density at radius 3 is 1.27 bits per heavy atom. The Hall–Kier alpha value is -1.70. The Bertz CT molecular complexity index is 408. The molecular weight excluding hydrogens is 268 g/mol. The van der Waals surface area contributed by atoms with Gasteiger partial charge in [0.1, 0.15) is 0 Å². The molecule has 0 radical (unpaired) electrons. The van der Waals surface area contributed by atoms with E-state index in [1.165, 1.54) is 62.5 Å². The summed E-state index contributed by atoms with van der Waals surface area (Å²) in [6.45, 7) is 4.46. The first-order chi connectivity index (χ1) is 10.9. The number of aromatic nitrogens is 2. The lowest BCUT2D eigenvalue weighted by Gasteiger charge is -1.97. The van der Waals surface area contributed by atoms with Gasteiger partial charge in [-0.2, -0.15) is 0 Å². The Balaban J connectivity index is 0.000000220. The minimum absolute atomic E-state index is 1.20. The summed E-state index contributed by atoms with van der Waals surface area (Å²) in [5.74, 6) is 0. The number of unbranched alkanes of at least 4 members (excludes halogenated alkanes) is 4. The van der Waals surface area contributed by atoms with Gasteiger partial charge in [0.2, 0.25) is 0 Å². The van der Waals surface area contributed by atoms with Gasteiger partial charge in [0.15, 0.2) is 0 Å². The van der Waals surface area contributed by atoms with Crippen LogP contribution < -0.4 is 0 Å². The third kappa shape index (κ3) is 9.28. The van der Waals surface area contributed by atoms with Crippen molar-refractivity contribution < 1.29 is 0 Å². The maximum atomic E-state index is 3.97. The predicted molar refractivity (Wildman–Crippen MR) is 94.9 cm³/mol. The van der Waals surface area contributed by atoms with Crippen LogP contribution in [0.3, 0.4) is 0 Å². The summed E-state index contributed by atoms with van der Waals surface area (Å²) in [6.07, 6.45) is 17.7. The maximum Gasteiger partial charge on any atom is 0.0270 e. The van der Waals surface area contributed by atoms with E-state index in [-0.39, 0.29) is 0 Å². The summed E-state index contributed by atoms with van der Waals surface area (Å²) in [7, 11) is 0. The van der Waals surface area contributed by atoms with Crippen molar-refractivity contribution in [2.75, 3.05) is 0 Å².